The molecule has 1 aliphatic heterocycles. The Morgan fingerprint density at radius 3 is 2.28 bits per heavy atom. The zero-order chi connectivity index (χ0) is 35.6. The van der Waals surface area contributed by atoms with Crippen molar-refractivity contribution in [1.29, 1.82) is 0 Å². The van der Waals surface area contributed by atoms with Gasteiger partial charge in [-0.2, -0.15) is 22.0 Å². The van der Waals surface area contributed by atoms with Gasteiger partial charge in [0.25, 0.3) is 11.8 Å². The molecule has 2 amide bonds. The van der Waals surface area contributed by atoms with E-state index in [2.05, 4.69) is 19.9 Å². The van der Waals surface area contributed by atoms with Crippen molar-refractivity contribution in [2.75, 3.05) is 31.5 Å². The Bertz CT molecular complexity index is 2010. The number of carbonyl (C=O) groups is 2. The summed E-state index contributed by atoms with van der Waals surface area (Å²) in [4.78, 5) is 34.3. The molecule has 3 heterocycles. The lowest BCUT2D eigenvalue weighted by Gasteiger charge is -2.34. The quantitative estimate of drug-likeness (QED) is 0.157. The number of hydrogen-bond acceptors (Lipinski definition) is 6. The van der Waals surface area contributed by atoms with Gasteiger partial charge in [-0.1, -0.05) is 23.7 Å². The monoisotopic (exact) mass is 713 g/mol. The second kappa shape index (κ2) is 14.3. The molecule has 50 heavy (non-hydrogen) atoms. The van der Waals surface area contributed by atoms with Gasteiger partial charge >= 0.3 is 12.8 Å². The van der Waals surface area contributed by atoms with Crippen molar-refractivity contribution in [2.24, 2.45) is 7.05 Å². The molecule has 1 aliphatic rings. The van der Waals surface area contributed by atoms with E-state index in [0.717, 1.165) is 28.6 Å². The molecule has 0 saturated carbocycles. The summed E-state index contributed by atoms with van der Waals surface area (Å²) in [5, 5.41) is 3.06. The average Bonchev–Trinajstić information content (AvgIpc) is 3.41. The van der Waals surface area contributed by atoms with Gasteiger partial charge in [-0.3, -0.25) is 14.5 Å². The molecule has 0 aliphatic carbocycles. The number of nitrogens with one attached hydrogen (secondary N) is 1. The number of nitrogens with zero attached hydrogens (tertiary/aromatic N) is 4. The summed E-state index contributed by atoms with van der Waals surface area (Å²) in [6.07, 6.45) is -3.25. The van der Waals surface area contributed by atoms with Crippen LogP contribution in [0.2, 0.25) is 5.02 Å². The van der Waals surface area contributed by atoms with Crippen LogP contribution in [-0.2, 0) is 19.8 Å². The van der Waals surface area contributed by atoms with E-state index in [4.69, 9.17) is 16.3 Å². The highest BCUT2D eigenvalue weighted by Gasteiger charge is 2.31. The van der Waals surface area contributed by atoms with Gasteiger partial charge in [-0.05, 0) is 60.2 Å². The number of ether oxygens (including phenoxy) is 2. The fraction of sp³-hybridized carbons (Fsp3) is 0.229. The van der Waals surface area contributed by atoms with Crippen LogP contribution in [-0.4, -0.2) is 64.0 Å². The van der Waals surface area contributed by atoms with E-state index >= 15 is 0 Å². The molecule has 1 fully saturated rings. The van der Waals surface area contributed by atoms with Crippen molar-refractivity contribution in [3.05, 3.63) is 112 Å². The molecule has 0 spiro atoms. The van der Waals surface area contributed by atoms with Crippen molar-refractivity contribution in [3.63, 3.8) is 0 Å². The Hall–Kier alpha value is -5.21. The molecule has 15 heteroatoms. The Labute approximate surface area is 287 Å². The van der Waals surface area contributed by atoms with Gasteiger partial charge in [0.2, 0.25) is 5.88 Å². The van der Waals surface area contributed by atoms with Gasteiger partial charge in [-0.15, -0.1) is 0 Å². The van der Waals surface area contributed by atoms with E-state index in [1.165, 1.54) is 30.5 Å². The molecule has 0 atom stereocenters. The highest BCUT2D eigenvalue weighted by molar-refractivity contribution is 6.34. The van der Waals surface area contributed by atoms with E-state index in [-0.39, 0.29) is 33.8 Å². The van der Waals surface area contributed by atoms with Crippen LogP contribution >= 0.6 is 11.6 Å². The Morgan fingerprint density at radius 1 is 0.920 bits per heavy atom. The van der Waals surface area contributed by atoms with Gasteiger partial charge in [-0.25, -0.2) is 4.98 Å². The number of benzene rings is 3. The van der Waals surface area contributed by atoms with E-state index in [0.29, 0.717) is 50.2 Å². The standard InChI is InChI=1S/C35H29ClF5N5O4/c1-44-29-18-26(49-31-11-6-24(19-42-31)43-32(47)27-10-5-23(17-28(27)36)35(39,40)41)9-4-22(29)16-30(44)33(48)46-14-12-45(13-15-46)20-21-2-7-25(8-3-21)50-34(37)38/h2-11,16-19,34H,12-15,20H2,1H3,(H,43,47). The molecule has 1 N–H and O–H groups in total. The van der Waals surface area contributed by atoms with E-state index in [1.54, 1.807) is 40.8 Å². The fourth-order valence-corrected chi connectivity index (χ4v) is 5.86. The number of anilines is 1. The van der Waals surface area contributed by atoms with Gasteiger partial charge in [0.05, 0.1) is 33.6 Å². The Balaban J connectivity index is 1.05. The van der Waals surface area contributed by atoms with Crippen molar-refractivity contribution in [3.8, 4) is 17.4 Å². The van der Waals surface area contributed by atoms with Gasteiger partial charge in [0, 0.05) is 57.3 Å². The summed E-state index contributed by atoms with van der Waals surface area (Å²) >= 11 is 5.93. The van der Waals surface area contributed by atoms with Crippen LogP contribution in [0.1, 0.15) is 32.0 Å². The summed E-state index contributed by atoms with van der Waals surface area (Å²) in [5.74, 6) is -0.0164. The molecule has 0 unspecified atom stereocenters. The number of aryl methyl sites for hydroxylation is 1. The zero-order valence-corrected chi connectivity index (χ0v) is 27.1. The lowest BCUT2D eigenvalue weighted by Crippen LogP contribution is -2.48. The largest absolute Gasteiger partial charge is 0.439 e. The Kier molecular flexibility index (Phi) is 9.93. The van der Waals surface area contributed by atoms with Gasteiger partial charge < -0.3 is 24.3 Å². The lowest BCUT2D eigenvalue weighted by atomic mass is 10.1. The minimum absolute atomic E-state index is 0.101. The number of rotatable bonds is 9. The van der Waals surface area contributed by atoms with Crippen LogP contribution in [0.5, 0.6) is 17.4 Å². The minimum Gasteiger partial charge on any atom is -0.439 e. The molecule has 6 rings (SSSR count). The molecular formula is C35H29ClF5N5O4. The third kappa shape index (κ3) is 7.98. The number of amides is 2. The van der Waals surface area contributed by atoms with E-state index in [9.17, 15) is 31.5 Å². The maximum absolute atomic E-state index is 13.5. The summed E-state index contributed by atoms with van der Waals surface area (Å²) in [7, 11) is 1.80. The number of hydrogen-bond donors (Lipinski definition) is 1. The molecular weight excluding hydrogens is 685 g/mol. The predicted octanol–water partition coefficient (Wildman–Crippen LogP) is 7.85. The number of pyridine rings is 1. The Morgan fingerprint density at radius 2 is 1.64 bits per heavy atom. The van der Waals surface area contributed by atoms with Crippen LogP contribution in [0, 0.1) is 0 Å². The first kappa shape index (κ1) is 34.6. The first-order valence-electron chi connectivity index (χ1n) is 15.3. The molecule has 3 aromatic carbocycles. The molecule has 0 radical (unpaired) electrons. The highest BCUT2D eigenvalue weighted by atomic mass is 35.5. The first-order valence-corrected chi connectivity index (χ1v) is 15.7. The lowest BCUT2D eigenvalue weighted by molar-refractivity contribution is -0.137. The summed E-state index contributed by atoms with van der Waals surface area (Å²) in [5.41, 5.74) is 1.43. The fourth-order valence-electron chi connectivity index (χ4n) is 5.59. The molecule has 1 saturated heterocycles. The van der Waals surface area contributed by atoms with E-state index < -0.39 is 24.3 Å². The van der Waals surface area contributed by atoms with Gasteiger partial charge in [0.1, 0.15) is 17.2 Å². The van der Waals surface area contributed by atoms with Crippen molar-refractivity contribution >= 4 is 40.0 Å². The number of carbonyl (C=O) groups excluding carboxylic acids is 2. The zero-order valence-electron chi connectivity index (χ0n) is 26.4. The molecule has 0 bridgehead atoms. The maximum Gasteiger partial charge on any atom is 0.416 e. The van der Waals surface area contributed by atoms with Crippen LogP contribution < -0.4 is 14.8 Å². The minimum atomic E-state index is -4.58. The average molecular weight is 714 g/mol. The normalized spacial score (nSPS) is 13.9. The molecule has 5 aromatic rings. The maximum atomic E-state index is 13.5. The second-order valence-electron chi connectivity index (χ2n) is 11.5. The van der Waals surface area contributed by atoms with Crippen LogP contribution in [0.15, 0.2) is 85.1 Å². The van der Waals surface area contributed by atoms with Crippen LogP contribution in [0.4, 0.5) is 27.6 Å². The topological polar surface area (TPSA) is 88.9 Å². The van der Waals surface area contributed by atoms with Crippen molar-refractivity contribution in [2.45, 2.75) is 19.3 Å². The molecule has 260 valence electrons. The highest BCUT2D eigenvalue weighted by Crippen LogP contribution is 2.33. The van der Waals surface area contributed by atoms with E-state index in [1.807, 2.05) is 12.1 Å². The third-order valence-corrected chi connectivity index (χ3v) is 8.52. The predicted molar refractivity (Wildman–Crippen MR) is 176 cm³/mol. The van der Waals surface area contributed by atoms with Gasteiger partial charge in [0.15, 0.2) is 0 Å². The second-order valence-corrected chi connectivity index (χ2v) is 11.9. The van der Waals surface area contributed by atoms with Crippen molar-refractivity contribution in [1.82, 2.24) is 19.4 Å². The smallest absolute Gasteiger partial charge is 0.416 e. The number of fused-ring (bicyclic) bond motifs is 1. The molecule has 2 aromatic heterocycles. The number of alkyl halides is 5. The van der Waals surface area contributed by atoms with Crippen LogP contribution in [0.3, 0.4) is 0 Å². The summed E-state index contributed by atoms with van der Waals surface area (Å²) in [6.45, 7) is 0.118. The number of aromatic nitrogens is 2. The van der Waals surface area contributed by atoms with Crippen molar-refractivity contribution < 1.29 is 41.0 Å². The first-order chi connectivity index (χ1) is 23.8. The van der Waals surface area contributed by atoms with Crippen LogP contribution in [0.25, 0.3) is 10.9 Å². The molecule has 9 nitrogen and oxygen atoms in total. The summed E-state index contributed by atoms with van der Waals surface area (Å²) in [6, 6.07) is 19.2. The third-order valence-electron chi connectivity index (χ3n) is 8.21. The number of piperazine rings is 1. The SMILES string of the molecule is Cn1c(C(=O)N2CCN(Cc3ccc(OC(F)F)cc3)CC2)cc2ccc(Oc3ccc(NC(=O)c4ccc(C(F)(F)F)cc4Cl)cn3)cc21. The number of halogens is 6. The summed E-state index contributed by atoms with van der Waals surface area (Å²) < 4.78 is 75.7.